The van der Waals surface area contributed by atoms with Crippen LogP contribution in [0.3, 0.4) is 0 Å². The number of thiol groups is 1. The Bertz CT molecular complexity index is 1180. The maximum atomic E-state index is 12.2. The molecule has 1 saturated heterocycles. The van der Waals surface area contributed by atoms with Crippen molar-refractivity contribution >= 4 is 39.4 Å². The fourth-order valence-electron chi connectivity index (χ4n) is 4.50. The van der Waals surface area contributed by atoms with Crippen LogP contribution in [0.1, 0.15) is 48.5 Å². The first-order chi connectivity index (χ1) is 15.4. The first-order valence-corrected chi connectivity index (χ1v) is 12.3. The Morgan fingerprint density at radius 3 is 2.44 bits per heavy atom. The summed E-state index contributed by atoms with van der Waals surface area (Å²) in [5, 5.41) is 3.76. The van der Waals surface area contributed by atoms with Gasteiger partial charge in [-0.2, -0.15) is 0 Å². The quantitative estimate of drug-likeness (QED) is 0.391. The van der Waals surface area contributed by atoms with E-state index in [2.05, 4.69) is 20.7 Å². The number of rotatable bonds is 6. The van der Waals surface area contributed by atoms with Crippen LogP contribution in [-0.4, -0.2) is 39.9 Å². The Labute approximate surface area is 190 Å². The molecule has 168 valence electrons. The van der Waals surface area contributed by atoms with Gasteiger partial charge in [-0.25, -0.2) is 0 Å². The van der Waals surface area contributed by atoms with Crippen molar-refractivity contribution in [3.8, 4) is 11.1 Å². The smallest absolute Gasteiger partial charge is 0.250 e. The molecule has 4 rings (SSSR count). The number of amides is 2. The molecule has 2 aromatic carbocycles. The molecule has 0 spiro atoms. The maximum Gasteiger partial charge on any atom is 0.250 e. The lowest BCUT2D eigenvalue weighted by Gasteiger charge is -2.27. The second-order valence-corrected chi connectivity index (χ2v) is 10.1. The van der Waals surface area contributed by atoms with Gasteiger partial charge in [0.1, 0.15) is 16.7 Å². The first-order valence-electron chi connectivity index (χ1n) is 10.9. The van der Waals surface area contributed by atoms with Crippen molar-refractivity contribution in [2.75, 3.05) is 24.2 Å². The molecule has 0 radical (unpaired) electrons. The summed E-state index contributed by atoms with van der Waals surface area (Å²) in [6.45, 7) is 5.06. The van der Waals surface area contributed by atoms with E-state index in [0.717, 1.165) is 53.6 Å². The zero-order valence-corrected chi connectivity index (χ0v) is 19.2. The highest BCUT2D eigenvalue weighted by molar-refractivity contribution is 7.82. The van der Waals surface area contributed by atoms with E-state index in [4.69, 9.17) is 5.73 Å². The highest BCUT2D eigenvalue weighted by Gasteiger charge is 2.28. The lowest BCUT2D eigenvalue weighted by Crippen LogP contribution is -2.34. The van der Waals surface area contributed by atoms with E-state index in [9.17, 15) is 13.8 Å². The van der Waals surface area contributed by atoms with Gasteiger partial charge in [0.05, 0.1) is 11.1 Å². The second-order valence-electron chi connectivity index (χ2n) is 8.21. The van der Waals surface area contributed by atoms with Crippen molar-refractivity contribution < 1.29 is 13.8 Å². The number of nitrogens with two attached hydrogens (primary N) is 1. The molecule has 1 unspecified atom stereocenters. The molecule has 7 nitrogen and oxygen atoms in total. The number of aromatic nitrogens is 1. The Morgan fingerprint density at radius 2 is 1.84 bits per heavy atom. The number of nitrogens with zero attached hydrogens (tertiary/aromatic N) is 1. The summed E-state index contributed by atoms with van der Waals surface area (Å²) in [5.41, 5.74) is 10.7. The lowest BCUT2D eigenvalue weighted by molar-refractivity contribution is -0.114. The maximum absolute atomic E-state index is 12.2. The minimum absolute atomic E-state index is 0.123. The van der Waals surface area contributed by atoms with E-state index in [1.807, 2.05) is 43.5 Å². The van der Waals surface area contributed by atoms with Crippen molar-refractivity contribution in [3.63, 3.8) is 0 Å². The van der Waals surface area contributed by atoms with Gasteiger partial charge in [0.2, 0.25) is 5.91 Å². The highest BCUT2D eigenvalue weighted by Crippen LogP contribution is 2.37. The molecule has 0 saturated carbocycles. The molecule has 2 heterocycles. The van der Waals surface area contributed by atoms with Crippen LogP contribution >= 0.6 is 0 Å². The third kappa shape index (κ3) is 4.47. The van der Waals surface area contributed by atoms with Crippen molar-refractivity contribution in [1.82, 2.24) is 9.29 Å². The van der Waals surface area contributed by atoms with Crippen molar-refractivity contribution in [2.24, 2.45) is 5.73 Å². The van der Waals surface area contributed by atoms with Gasteiger partial charge in [-0.3, -0.25) is 9.59 Å². The third-order valence-corrected chi connectivity index (χ3v) is 7.69. The Hall–Kier alpha value is -2.97. The number of anilines is 1. The number of hydrogen-bond donors (Lipinski definition) is 3. The van der Waals surface area contributed by atoms with Crippen molar-refractivity contribution in [2.45, 2.75) is 32.6 Å². The van der Waals surface area contributed by atoms with Crippen LogP contribution in [0, 0.1) is 0 Å². The number of primary amides is 1. The minimum atomic E-state index is -1.28. The van der Waals surface area contributed by atoms with Crippen LogP contribution in [0.2, 0.25) is 0 Å². The number of H-pyrrole nitrogens is 1. The van der Waals surface area contributed by atoms with Crippen LogP contribution in [-0.2, 0) is 20.0 Å². The van der Waals surface area contributed by atoms with E-state index < -0.39 is 16.9 Å². The van der Waals surface area contributed by atoms with Gasteiger partial charge < -0.3 is 16.0 Å². The van der Waals surface area contributed by atoms with Crippen molar-refractivity contribution in [1.29, 1.82) is 0 Å². The Balaban J connectivity index is 1.70. The number of benzene rings is 2. The standard InChI is InChI=1S/C24H28N4O3S/c1-3-32(31)28-10-8-17(9-11-28)22-14-26-23-20(22)12-18(13-21(23)24(25)30)16-4-6-19(7-5-16)27-15(2)29/h4-7,12-14,17,26H,3,8-11H2,1-2H3,(H2,25,30)(H,27,29)/p+1. The molecule has 1 aromatic heterocycles. The number of hydrogen-bond acceptors (Lipinski definition) is 3. The van der Waals surface area contributed by atoms with Gasteiger partial charge in [0.15, 0.2) is 0 Å². The molecule has 8 heteroatoms. The molecule has 0 bridgehead atoms. The summed E-state index contributed by atoms with van der Waals surface area (Å²) >= 11 is 0. The SMILES string of the molecule is CC[SH+](=O)N1CCC(c2c[nH]c3c(C(N)=O)cc(-c4ccc(NC(C)=O)cc4)cc23)CC1. The molecule has 1 aliphatic heterocycles. The summed E-state index contributed by atoms with van der Waals surface area (Å²) in [6, 6.07) is 11.4. The summed E-state index contributed by atoms with van der Waals surface area (Å²) in [7, 11) is -1.28. The molecule has 1 atom stereocenters. The molecule has 3 aromatic rings. The largest absolute Gasteiger partial charge is 0.366 e. The average molecular weight is 454 g/mol. The van der Waals surface area contributed by atoms with E-state index >= 15 is 0 Å². The van der Waals surface area contributed by atoms with Crippen LogP contribution in [0.4, 0.5) is 5.69 Å². The lowest BCUT2D eigenvalue weighted by atomic mass is 9.88. The zero-order chi connectivity index (χ0) is 22.8. The minimum Gasteiger partial charge on any atom is -0.366 e. The number of carbonyl (C=O) groups is 2. The van der Waals surface area contributed by atoms with E-state index in [0.29, 0.717) is 17.2 Å². The van der Waals surface area contributed by atoms with Crippen molar-refractivity contribution in [3.05, 3.63) is 53.7 Å². The molecule has 4 N–H and O–H groups in total. The molecule has 1 fully saturated rings. The summed E-state index contributed by atoms with van der Waals surface area (Å²) in [5.74, 6) is 0.411. The van der Waals surface area contributed by atoms with E-state index in [1.54, 1.807) is 0 Å². The van der Waals surface area contributed by atoms with Crippen LogP contribution in [0.25, 0.3) is 22.0 Å². The molecular formula is C24H29N4O3S+. The zero-order valence-electron chi connectivity index (χ0n) is 18.4. The second kappa shape index (κ2) is 9.26. The fourth-order valence-corrected chi connectivity index (χ4v) is 5.58. The number of carbonyl (C=O) groups excluding carboxylic acids is 2. The fraction of sp³-hybridized carbons (Fsp3) is 0.333. The summed E-state index contributed by atoms with van der Waals surface area (Å²) in [6.07, 6.45) is 3.84. The van der Waals surface area contributed by atoms with Crippen LogP contribution in [0.15, 0.2) is 42.6 Å². The number of aromatic amines is 1. The van der Waals surface area contributed by atoms with Gasteiger partial charge in [-0.1, -0.05) is 16.3 Å². The predicted octanol–water partition coefficient (Wildman–Crippen LogP) is 3.70. The third-order valence-electron chi connectivity index (χ3n) is 6.12. The number of piperidine rings is 1. The Kier molecular flexibility index (Phi) is 6.43. The van der Waals surface area contributed by atoms with Gasteiger partial charge in [0.25, 0.3) is 5.91 Å². The molecule has 0 aliphatic carbocycles. The van der Waals surface area contributed by atoms with Gasteiger partial charge in [-0.05, 0) is 66.6 Å². The van der Waals surface area contributed by atoms with Gasteiger partial charge in [0, 0.05) is 37.3 Å². The van der Waals surface area contributed by atoms with Gasteiger partial charge in [-0.15, -0.1) is 4.31 Å². The molecule has 1 aliphatic rings. The monoisotopic (exact) mass is 453 g/mol. The summed E-state index contributed by atoms with van der Waals surface area (Å²) in [4.78, 5) is 26.8. The summed E-state index contributed by atoms with van der Waals surface area (Å²) < 4.78 is 14.3. The predicted molar refractivity (Wildman–Crippen MR) is 130 cm³/mol. The first kappa shape index (κ1) is 22.2. The van der Waals surface area contributed by atoms with Gasteiger partial charge >= 0.3 is 0 Å². The molecule has 2 amide bonds. The van der Waals surface area contributed by atoms with Crippen LogP contribution in [0.5, 0.6) is 0 Å². The molecular weight excluding hydrogens is 424 g/mol. The number of fused-ring (bicyclic) bond motifs is 1. The van der Waals surface area contributed by atoms with E-state index in [-0.39, 0.29) is 5.91 Å². The van der Waals surface area contributed by atoms with Crippen LogP contribution < -0.4 is 11.1 Å². The normalized spacial score (nSPS) is 16.2. The highest BCUT2D eigenvalue weighted by atomic mass is 32.2. The Morgan fingerprint density at radius 1 is 1.16 bits per heavy atom. The topological polar surface area (TPSA) is 108 Å². The van der Waals surface area contributed by atoms with E-state index in [1.165, 1.54) is 12.5 Å². The number of nitrogens with one attached hydrogen (secondary N) is 2. The molecule has 32 heavy (non-hydrogen) atoms. The average Bonchev–Trinajstić information content (AvgIpc) is 3.22.